The molecule has 0 aliphatic rings. The maximum absolute atomic E-state index is 14.2. The van der Waals surface area contributed by atoms with Crippen molar-refractivity contribution in [3.8, 4) is 33.8 Å². The van der Waals surface area contributed by atoms with Gasteiger partial charge in [-0.3, -0.25) is 0 Å². The van der Waals surface area contributed by atoms with E-state index in [1.54, 1.807) is 13.2 Å². The van der Waals surface area contributed by atoms with Crippen molar-refractivity contribution in [2.45, 2.75) is 0 Å². The van der Waals surface area contributed by atoms with Crippen LogP contribution in [0, 0.1) is 11.6 Å². The molecule has 0 saturated heterocycles. The van der Waals surface area contributed by atoms with E-state index < -0.39 is 11.6 Å². The zero-order valence-corrected chi connectivity index (χ0v) is 14.6. The Hall–Kier alpha value is -3.47. The second kappa shape index (κ2) is 7.03. The highest BCUT2D eigenvalue weighted by atomic mass is 19.1. The van der Waals surface area contributed by atoms with Gasteiger partial charge in [-0.2, -0.15) is 5.10 Å². The van der Waals surface area contributed by atoms with Crippen molar-refractivity contribution >= 4 is 0 Å². The topological polar surface area (TPSA) is 27.1 Å². The Morgan fingerprint density at radius 1 is 0.778 bits per heavy atom. The summed E-state index contributed by atoms with van der Waals surface area (Å²) in [7, 11) is 1.63. The Bertz CT molecular complexity index is 1050. The number of methoxy groups -OCH3 is 1. The second-order valence-electron chi connectivity index (χ2n) is 6.00. The third-order valence-corrected chi connectivity index (χ3v) is 4.40. The van der Waals surface area contributed by atoms with Crippen LogP contribution in [0.5, 0.6) is 5.75 Å². The van der Waals surface area contributed by atoms with Gasteiger partial charge in [0.2, 0.25) is 0 Å². The van der Waals surface area contributed by atoms with Gasteiger partial charge >= 0.3 is 0 Å². The molecule has 5 heteroatoms. The summed E-state index contributed by atoms with van der Waals surface area (Å²) in [5, 5.41) is 4.24. The zero-order chi connectivity index (χ0) is 18.8. The van der Waals surface area contributed by atoms with E-state index in [0.29, 0.717) is 5.69 Å². The average molecular weight is 362 g/mol. The van der Waals surface area contributed by atoms with Gasteiger partial charge in [0, 0.05) is 0 Å². The quantitative estimate of drug-likeness (QED) is 0.480. The van der Waals surface area contributed by atoms with Gasteiger partial charge in [0.1, 0.15) is 17.4 Å². The smallest absolute Gasteiger partial charge is 0.135 e. The Balaban J connectivity index is 1.70. The lowest BCUT2D eigenvalue weighted by atomic mass is 10.1. The summed E-state index contributed by atoms with van der Waals surface area (Å²) >= 11 is 0. The number of hydrogen-bond donors (Lipinski definition) is 0. The number of aromatic nitrogens is 2. The first-order chi connectivity index (χ1) is 13.2. The van der Waals surface area contributed by atoms with Gasteiger partial charge < -0.3 is 4.74 Å². The molecule has 0 saturated carbocycles. The third kappa shape index (κ3) is 3.19. The summed E-state index contributed by atoms with van der Waals surface area (Å²) in [5.41, 5.74) is 3.06. The first kappa shape index (κ1) is 17.0. The highest BCUT2D eigenvalue weighted by molar-refractivity contribution is 5.67. The number of halogens is 2. The van der Waals surface area contributed by atoms with E-state index in [0.717, 1.165) is 22.6 Å². The van der Waals surface area contributed by atoms with Gasteiger partial charge in [0.25, 0.3) is 0 Å². The van der Waals surface area contributed by atoms with Gasteiger partial charge in [-0.1, -0.05) is 30.3 Å². The molecule has 27 heavy (non-hydrogen) atoms. The van der Waals surface area contributed by atoms with E-state index in [2.05, 4.69) is 5.10 Å². The molecule has 3 aromatic carbocycles. The molecule has 4 rings (SSSR count). The first-order valence-electron chi connectivity index (χ1n) is 8.40. The Kier molecular flexibility index (Phi) is 4.42. The summed E-state index contributed by atoms with van der Waals surface area (Å²) in [6.45, 7) is 0. The van der Waals surface area contributed by atoms with Gasteiger partial charge in [-0.25, -0.2) is 13.5 Å². The molecular formula is C22H16F2N2O. The molecule has 0 spiro atoms. The van der Waals surface area contributed by atoms with Gasteiger partial charge in [-0.05, 0) is 53.6 Å². The number of ether oxygens (including phenoxy) is 1. The molecule has 0 aliphatic heterocycles. The van der Waals surface area contributed by atoms with Crippen LogP contribution in [0.4, 0.5) is 8.78 Å². The fourth-order valence-electron chi connectivity index (χ4n) is 3.02. The standard InChI is InChI=1S/C22H16F2N2O/c1-27-18-11-7-16(8-12-18)15-5-9-17(10-6-15)26-21(13-14-25-26)22-19(23)3-2-4-20(22)24/h2-14H,1H3. The molecule has 1 aromatic heterocycles. The van der Waals surface area contributed by atoms with Crippen molar-refractivity contribution < 1.29 is 13.5 Å². The zero-order valence-electron chi connectivity index (χ0n) is 14.6. The lowest BCUT2D eigenvalue weighted by Gasteiger charge is -2.10. The molecule has 0 atom stereocenters. The summed E-state index contributed by atoms with van der Waals surface area (Å²) < 4.78 is 35.0. The van der Waals surface area contributed by atoms with Crippen LogP contribution in [0.25, 0.3) is 28.1 Å². The lowest BCUT2D eigenvalue weighted by Crippen LogP contribution is -2.01. The largest absolute Gasteiger partial charge is 0.497 e. The molecule has 134 valence electrons. The van der Waals surface area contributed by atoms with E-state index >= 15 is 0 Å². The Labute approximate surface area is 155 Å². The number of nitrogens with zero attached hydrogens (tertiary/aromatic N) is 2. The highest BCUT2D eigenvalue weighted by Crippen LogP contribution is 2.29. The molecule has 0 fully saturated rings. The van der Waals surface area contributed by atoms with E-state index in [1.165, 1.54) is 29.1 Å². The third-order valence-electron chi connectivity index (χ3n) is 4.40. The van der Waals surface area contributed by atoms with Crippen LogP contribution in [0.1, 0.15) is 0 Å². The molecule has 0 bridgehead atoms. The van der Waals surface area contributed by atoms with Crippen LogP contribution < -0.4 is 4.74 Å². The maximum atomic E-state index is 14.2. The van der Waals surface area contributed by atoms with Gasteiger partial charge in [-0.15, -0.1) is 0 Å². The first-order valence-corrected chi connectivity index (χ1v) is 8.40. The molecular weight excluding hydrogens is 346 g/mol. The molecule has 0 aliphatic carbocycles. The summed E-state index contributed by atoms with van der Waals surface area (Å²) in [4.78, 5) is 0. The van der Waals surface area contributed by atoms with E-state index in [1.807, 2.05) is 48.5 Å². The minimum Gasteiger partial charge on any atom is -0.497 e. The summed E-state index contributed by atoms with van der Waals surface area (Å²) in [5.74, 6) is -0.443. The monoisotopic (exact) mass is 362 g/mol. The van der Waals surface area contributed by atoms with Crippen molar-refractivity contribution in [3.05, 3.63) is 90.6 Å². The van der Waals surface area contributed by atoms with Crippen LogP contribution in [0.2, 0.25) is 0 Å². The average Bonchev–Trinajstić information content (AvgIpc) is 3.17. The van der Waals surface area contributed by atoms with E-state index in [4.69, 9.17) is 4.74 Å². The summed E-state index contributed by atoms with van der Waals surface area (Å²) in [6, 6.07) is 20.8. The van der Waals surface area contributed by atoms with Crippen molar-refractivity contribution in [3.63, 3.8) is 0 Å². The van der Waals surface area contributed by atoms with Crippen LogP contribution in [0.3, 0.4) is 0 Å². The SMILES string of the molecule is COc1ccc(-c2ccc(-n3nccc3-c3c(F)cccc3F)cc2)cc1. The molecule has 0 radical (unpaired) electrons. The summed E-state index contributed by atoms with van der Waals surface area (Å²) in [6.07, 6.45) is 1.53. The van der Waals surface area contributed by atoms with Crippen molar-refractivity contribution in [1.29, 1.82) is 0 Å². The fraction of sp³-hybridized carbons (Fsp3) is 0.0455. The Morgan fingerprint density at radius 2 is 1.37 bits per heavy atom. The van der Waals surface area contributed by atoms with Gasteiger partial charge in [0.05, 0.1) is 30.3 Å². The predicted octanol–water partition coefficient (Wildman–Crippen LogP) is 5.49. The second-order valence-corrected chi connectivity index (χ2v) is 6.00. The molecule has 1 heterocycles. The van der Waals surface area contributed by atoms with E-state index in [-0.39, 0.29) is 5.56 Å². The molecule has 4 aromatic rings. The highest BCUT2D eigenvalue weighted by Gasteiger charge is 2.16. The van der Waals surface area contributed by atoms with Crippen LogP contribution in [-0.2, 0) is 0 Å². The molecule has 0 N–H and O–H groups in total. The lowest BCUT2D eigenvalue weighted by molar-refractivity contribution is 0.415. The minimum atomic E-state index is -0.619. The number of rotatable bonds is 4. The van der Waals surface area contributed by atoms with Gasteiger partial charge in [0.15, 0.2) is 0 Å². The van der Waals surface area contributed by atoms with Crippen molar-refractivity contribution in [2.75, 3.05) is 7.11 Å². The van der Waals surface area contributed by atoms with Crippen molar-refractivity contribution in [2.24, 2.45) is 0 Å². The van der Waals surface area contributed by atoms with Crippen LogP contribution in [-0.4, -0.2) is 16.9 Å². The minimum absolute atomic E-state index is 0.0887. The maximum Gasteiger partial charge on any atom is 0.135 e. The molecule has 0 unspecified atom stereocenters. The van der Waals surface area contributed by atoms with Crippen LogP contribution >= 0.6 is 0 Å². The van der Waals surface area contributed by atoms with E-state index in [9.17, 15) is 8.78 Å². The molecule has 0 amide bonds. The number of benzene rings is 3. The predicted molar refractivity (Wildman–Crippen MR) is 101 cm³/mol. The normalized spacial score (nSPS) is 10.8. The number of hydrogen-bond acceptors (Lipinski definition) is 2. The van der Waals surface area contributed by atoms with Crippen molar-refractivity contribution in [1.82, 2.24) is 9.78 Å². The molecule has 3 nitrogen and oxygen atoms in total. The Morgan fingerprint density at radius 3 is 1.96 bits per heavy atom. The fourth-order valence-corrected chi connectivity index (χ4v) is 3.02. The van der Waals surface area contributed by atoms with Crippen LogP contribution in [0.15, 0.2) is 79.0 Å².